The lowest BCUT2D eigenvalue weighted by Gasteiger charge is -2.32. The maximum absolute atomic E-state index is 12.5. The van der Waals surface area contributed by atoms with Crippen molar-refractivity contribution in [3.63, 3.8) is 0 Å². The van der Waals surface area contributed by atoms with E-state index in [-0.39, 0.29) is 12.1 Å². The molecular formula is C20H23N3O3. The minimum Gasteiger partial charge on any atom is -0.489 e. The first-order valence-corrected chi connectivity index (χ1v) is 8.71. The molecule has 1 aliphatic heterocycles. The van der Waals surface area contributed by atoms with Crippen LogP contribution in [-0.4, -0.2) is 41.7 Å². The number of carbonyl (C=O) groups is 1. The van der Waals surface area contributed by atoms with Crippen molar-refractivity contribution < 1.29 is 14.3 Å². The molecular weight excluding hydrogens is 330 g/mol. The summed E-state index contributed by atoms with van der Waals surface area (Å²) < 4.78 is 11.5. The van der Waals surface area contributed by atoms with Gasteiger partial charge < -0.3 is 19.7 Å². The number of hydrogen-bond donors (Lipinski definition) is 1. The lowest BCUT2D eigenvalue weighted by molar-refractivity contribution is 0.115. The number of likely N-dealkylation sites (tertiary alicyclic amines) is 1. The topological polar surface area (TPSA) is 63.7 Å². The maximum atomic E-state index is 12.5. The number of amides is 2. The van der Waals surface area contributed by atoms with E-state index in [1.54, 1.807) is 23.4 Å². The van der Waals surface area contributed by atoms with E-state index < -0.39 is 0 Å². The van der Waals surface area contributed by atoms with Gasteiger partial charge in [-0.15, -0.1) is 0 Å². The molecule has 2 aromatic rings. The molecule has 6 nitrogen and oxygen atoms in total. The number of benzene rings is 1. The minimum atomic E-state index is -0.125. The molecule has 6 heteroatoms. The summed E-state index contributed by atoms with van der Waals surface area (Å²) in [6.45, 7) is 5.32. The zero-order valence-corrected chi connectivity index (χ0v) is 14.6. The molecule has 136 valence electrons. The standard InChI is InChI=1S/C20H23N3O3/c1-2-14-25-19-8-4-3-7-18(19)22-20(24)23-12-9-16(10-13-23)26-17-6-5-11-21-15-17/h2-8,11,15-16H,1,9-10,12-14H2,(H,22,24). The van der Waals surface area contributed by atoms with Gasteiger partial charge in [-0.25, -0.2) is 4.79 Å². The second-order valence-corrected chi connectivity index (χ2v) is 6.02. The summed E-state index contributed by atoms with van der Waals surface area (Å²) in [6, 6.07) is 11.0. The molecule has 1 aliphatic rings. The number of carbonyl (C=O) groups excluding carboxylic acids is 1. The van der Waals surface area contributed by atoms with Crippen LogP contribution in [0, 0.1) is 0 Å². The van der Waals surface area contributed by atoms with Crippen molar-refractivity contribution in [2.24, 2.45) is 0 Å². The summed E-state index contributed by atoms with van der Waals surface area (Å²) in [5.41, 5.74) is 0.660. The first-order chi connectivity index (χ1) is 12.8. The molecule has 1 saturated heterocycles. The van der Waals surface area contributed by atoms with Crippen LogP contribution in [0.1, 0.15) is 12.8 Å². The summed E-state index contributed by atoms with van der Waals surface area (Å²) in [5, 5.41) is 2.93. The molecule has 2 heterocycles. The summed E-state index contributed by atoms with van der Waals surface area (Å²) in [4.78, 5) is 18.4. The van der Waals surface area contributed by atoms with Gasteiger partial charge in [0.05, 0.1) is 11.9 Å². The van der Waals surface area contributed by atoms with E-state index in [1.807, 2.05) is 36.4 Å². The highest BCUT2D eigenvalue weighted by atomic mass is 16.5. The lowest BCUT2D eigenvalue weighted by atomic mass is 10.1. The lowest BCUT2D eigenvalue weighted by Crippen LogP contribution is -2.43. The van der Waals surface area contributed by atoms with E-state index in [0.29, 0.717) is 31.1 Å². The summed E-state index contributed by atoms with van der Waals surface area (Å²) in [5.74, 6) is 1.40. The molecule has 1 aromatic carbocycles. The Morgan fingerprint density at radius 2 is 2.08 bits per heavy atom. The molecule has 0 unspecified atom stereocenters. The number of para-hydroxylation sites is 2. The van der Waals surface area contributed by atoms with E-state index in [2.05, 4.69) is 16.9 Å². The molecule has 3 rings (SSSR count). The Hall–Kier alpha value is -3.02. The van der Waals surface area contributed by atoms with Gasteiger partial charge in [0.15, 0.2) is 0 Å². The third-order valence-electron chi connectivity index (χ3n) is 4.15. The third kappa shape index (κ3) is 4.75. The van der Waals surface area contributed by atoms with Gasteiger partial charge in [0.25, 0.3) is 0 Å². The highest BCUT2D eigenvalue weighted by molar-refractivity contribution is 5.91. The number of nitrogens with one attached hydrogen (secondary N) is 1. The molecule has 2 amide bonds. The quantitative estimate of drug-likeness (QED) is 0.804. The Kier molecular flexibility index (Phi) is 6.09. The Balaban J connectivity index is 1.52. The van der Waals surface area contributed by atoms with Gasteiger partial charge in [-0.2, -0.15) is 0 Å². The Bertz CT molecular complexity index is 728. The zero-order chi connectivity index (χ0) is 18.2. The average Bonchev–Trinajstić information content (AvgIpc) is 2.68. The Morgan fingerprint density at radius 3 is 2.81 bits per heavy atom. The van der Waals surface area contributed by atoms with E-state index in [4.69, 9.17) is 9.47 Å². The fourth-order valence-electron chi connectivity index (χ4n) is 2.82. The van der Waals surface area contributed by atoms with Gasteiger partial charge >= 0.3 is 6.03 Å². The number of anilines is 1. The van der Waals surface area contributed by atoms with Crippen molar-refractivity contribution in [1.29, 1.82) is 0 Å². The highest BCUT2D eigenvalue weighted by Gasteiger charge is 2.24. The largest absolute Gasteiger partial charge is 0.489 e. The number of urea groups is 1. The molecule has 0 saturated carbocycles. The van der Waals surface area contributed by atoms with Crippen molar-refractivity contribution >= 4 is 11.7 Å². The Labute approximate surface area is 153 Å². The number of hydrogen-bond acceptors (Lipinski definition) is 4. The van der Waals surface area contributed by atoms with Gasteiger partial charge in [0.1, 0.15) is 24.2 Å². The van der Waals surface area contributed by atoms with Gasteiger partial charge in [0, 0.05) is 32.1 Å². The van der Waals surface area contributed by atoms with Crippen LogP contribution in [0.5, 0.6) is 11.5 Å². The van der Waals surface area contributed by atoms with E-state index in [9.17, 15) is 4.79 Å². The number of rotatable bonds is 6. The third-order valence-corrected chi connectivity index (χ3v) is 4.15. The molecule has 1 fully saturated rings. The van der Waals surface area contributed by atoms with Crippen LogP contribution >= 0.6 is 0 Å². The monoisotopic (exact) mass is 353 g/mol. The van der Waals surface area contributed by atoms with Crippen LogP contribution in [0.2, 0.25) is 0 Å². The summed E-state index contributed by atoms with van der Waals surface area (Å²) in [6.07, 6.45) is 6.78. The molecule has 0 aliphatic carbocycles. The van der Waals surface area contributed by atoms with Crippen molar-refractivity contribution in [2.75, 3.05) is 25.0 Å². The van der Waals surface area contributed by atoms with Crippen LogP contribution in [0.4, 0.5) is 10.5 Å². The second-order valence-electron chi connectivity index (χ2n) is 6.02. The first kappa shape index (κ1) is 17.8. The van der Waals surface area contributed by atoms with Gasteiger partial charge in [0.2, 0.25) is 0 Å². The molecule has 0 radical (unpaired) electrons. The Morgan fingerprint density at radius 1 is 1.27 bits per heavy atom. The smallest absolute Gasteiger partial charge is 0.321 e. The highest BCUT2D eigenvalue weighted by Crippen LogP contribution is 2.25. The van der Waals surface area contributed by atoms with Gasteiger partial charge in [-0.1, -0.05) is 24.8 Å². The van der Waals surface area contributed by atoms with E-state index >= 15 is 0 Å². The predicted octanol–water partition coefficient (Wildman–Crippen LogP) is 3.72. The first-order valence-electron chi connectivity index (χ1n) is 8.71. The van der Waals surface area contributed by atoms with E-state index in [1.165, 1.54) is 0 Å². The van der Waals surface area contributed by atoms with Crippen LogP contribution in [-0.2, 0) is 0 Å². The van der Waals surface area contributed by atoms with Crippen LogP contribution < -0.4 is 14.8 Å². The van der Waals surface area contributed by atoms with Crippen LogP contribution in [0.3, 0.4) is 0 Å². The predicted molar refractivity (Wildman–Crippen MR) is 101 cm³/mol. The zero-order valence-electron chi connectivity index (χ0n) is 14.6. The maximum Gasteiger partial charge on any atom is 0.321 e. The number of pyridine rings is 1. The van der Waals surface area contributed by atoms with E-state index in [0.717, 1.165) is 18.6 Å². The molecule has 0 spiro atoms. The van der Waals surface area contributed by atoms with Crippen molar-refractivity contribution in [3.05, 3.63) is 61.4 Å². The minimum absolute atomic E-state index is 0.103. The number of nitrogens with zero attached hydrogens (tertiary/aromatic N) is 2. The van der Waals surface area contributed by atoms with Crippen molar-refractivity contribution in [1.82, 2.24) is 9.88 Å². The van der Waals surface area contributed by atoms with Gasteiger partial charge in [-0.05, 0) is 24.3 Å². The van der Waals surface area contributed by atoms with Gasteiger partial charge in [-0.3, -0.25) is 4.98 Å². The normalized spacial score (nSPS) is 14.5. The summed E-state index contributed by atoms with van der Waals surface area (Å²) >= 11 is 0. The number of aromatic nitrogens is 1. The van der Waals surface area contributed by atoms with Crippen LogP contribution in [0.25, 0.3) is 0 Å². The molecule has 1 aromatic heterocycles. The average molecular weight is 353 g/mol. The summed E-state index contributed by atoms with van der Waals surface area (Å²) in [7, 11) is 0. The molecule has 0 atom stereocenters. The van der Waals surface area contributed by atoms with Crippen molar-refractivity contribution in [2.45, 2.75) is 18.9 Å². The second kappa shape index (κ2) is 8.89. The SMILES string of the molecule is C=CCOc1ccccc1NC(=O)N1CCC(Oc2cccnc2)CC1. The van der Waals surface area contributed by atoms with Crippen molar-refractivity contribution in [3.8, 4) is 11.5 Å². The molecule has 1 N–H and O–H groups in total. The fourth-order valence-corrected chi connectivity index (χ4v) is 2.82. The molecule has 26 heavy (non-hydrogen) atoms. The molecule has 0 bridgehead atoms. The number of ether oxygens (including phenoxy) is 2. The van der Waals surface area contributed by atoms with Crippen LogP contribution in [0.15, 0.2) is 61.4 Å². The fraction of sp³-hybridized carbons (Fsp3) is 0.300. The number of piperidine rings is 1.